The molecule has 2 rings (SSSR count). The number of carbonyl (C=O) groups is 2. The van der Waals surface area contributed by atoms with Crippen molar-refractivity contribution in [3.63, 3.8) is 0 Å². The van der Waals surface area contributed by atoms with Crippen LogP contribution in [0.25, 0.3) is 0 Å². The first kappa shape index (κ1) is 13.3. The molecule has 0 atom stereocenters. The van der Waals surface area contributed by atoms with Crippen molar-refractivity contribution in [2.45, 2.75) is 0 Å². The smallest absolute Gasteiger partial charge is 0.337 e. The summed E-state index contributed by atoms with van der Waals surface area (Å²) >= 11 is 0. The van der Waals surface area contributed by atoms with Gasteiger partial charge in [-0.25, -0.2) is 4.79 Å². The molecule has 98 valence electrons. The van der Waals surface area contributed by atoms with Crippen LogP contribution in [0.3, 0.4) is 0 Å². The van der Waals surface area contributed by atoms with Gasteiger partial charge in [-0.2, -0.15) is 0 Å². The van der Waals surface area contributed by atoms with Crippen LogP contribution in [0, 0.1) is 12.3 Å². The topological polar surface area (TPSA) is 79.3 Å². The van der Waals surface area contributed by atoms with Crippen LogP contribution in [0.4, 0.5) is 5.69 Å². The molecule has 0 unspecified atom stereocenters. The number of nitrogens with zero attached hydrogens (tertiary/aromatic N) is 1. The summed E-state index contributed by atoms with van der Waals surface area (Å²) in [4.78, 5) is 26.4. The highest BCUT2D eigenvalue weighted by Gasteiger charge is 2.09. The summed E-state index contributed by atoms with van der Waals surface area (Å²) in [7, 11) is 0. The van der Waals surface area contributed by atoms with Crippen molar-refractivity contribution >= 4 is 17.6 Å². The summed E-state index contributed by atoms with van der Waals surface area (Å²) in [6.07, 6.45) is 6.41. The highest BCUT2D eigenvalue weighted by atomic mass is 16.4. The lowest BCUT2D eigenvalue weighted by atomic mass is 10.2. The number of carboxylic acids is 1. The minimum absolute atomic E-state index is 0.0240. The number of aromatic nitrogens is 1. The Morgan fingerprint density at radius 3 is 2.65 bits per heavy atom. The average Bonchev–Trinajstić information content (AvgIpc) is 2.47. The molecule has 20 heavy (non-hydrogen) atoms. The fourth-order valence-corrected chi connectivity index (χ4v) is 1.54. The van der Waals surface area contributed by atoms with Gasteiger partial charge >= 0.3 is 5.97 Å². The predicted octanol–water partition coefficient (Wildman–Crippen LogP) is 2.01. The number of terminal acetylenes is 1. The van der Waals surface area contributed by atoms with Crippen LogP contribution in [0.2, 0.25) is 0 Å². The number of pyridine rings is 1. The molecule has 5 heteroatoms. The van der Waals surface area contributed by atoms with E-state index in [9.17, 15) is 9.59 Å². The number of amides is 1. The van der Waals surface area contributed by atoms with E-state index in [1.807, 2.05) is 0 Å². The monoisotopic (exact) mass is 266 g/mol. The van der Waals surface area contributed by atoms with Crippen molar-refractivity contribution in [2.24, 2.45) is 0 Å². The van der Waals surface area contributed by atoms with E-state index in [2.05, 4.69) is 16.2 Å². The number of hydrogen-bond donors (Lipinski definition) is 2. The van der Waals surface area contributed by atoms with Gasteiger partial charge in [-0.1, -0.05) is 12.0 Å². The second-order valence-corrected chi connectivity index (χ2v) is 3.92. The molecule has 1 amide bonds. The Hall–Kier alpha value is -3.13. The Balaban J connectivity index is 2.15. The number of benzene rings is 1. The van der Waals surface area contributed by atoms with Gasteiger partial charge in [-0.15, -0.1) is 6.42 Å². The number of rotatable bonds is 3. The molecule has 0 aliphatic rings. The summed E-state index contributed by atoms with van der Waals surface area (Å²) in [6.45, 7) is 0. The van der Waals surface area contributed by atoms with Crippen molar-refractivity contribution in [3.8, 4) is 12.3 Å². The standard InChI is InChI=1S/C15H10N2O3/c1-2-10-4-3-5-12(8-10)17-14(18)13-7-6-11(9-16-13)15(19)20/h1,3-9H,(H,17,18)(H,19,20). The fourth-order valence-electron chi connectivity index (χ4n) is 1.54. The van der Waals surface area contributed by atoms with Gasteiger partial charge in [0.05, 0.1) is 5.56 Å². The van der Waals surface area contributed by atoms with Crippen LogP contribution in [-0.4, -0.2) is 22.0 Å². The second kappa shape index (κ2) is 5.67. The van der Waals surface area contributed by atoms with E-state index >= 15 is 0 Å². The Morgan fingerprint density at radius 1 is 1.25 bits per heavy atom. The van der Waals surface area contributed by atoms with Gasteiger partial charge in [0.25, 0.3) is 5.91 Å². The van der Waals surface area contributed by atoms with E-state index < -0.39 is 11.9 Å². The van der Waals surface area contributed by atoms with E-state index in [-0.39, 0.29) is 11.3 Å². The molecule has 1 aromatic carbocycles. The quantitative estimate of drug-likeness (QED) is 0.833. The molecule has 0 spiro atoms. The zero-order valence-corrected chi connectivity index (χ0v) is 10.3. The van der Waals surface area contributed by atoms with E-state index in [1.54, 1.807) is 24.3 Å². The third-order valence-electron chi connectivity index (χ3n) is 2.53. The maximum absolute atomic E-state index is 11.9. The lowest BCUT2D eigenvalue weighted by molar-refractivity contribution is 0.0696. The summed E-state index contributed by atoms with van der Waals surface area (Å²) in [5.74, 6) is 0.942. The van der Waals surface area contributed by atoms with Crippen molar-refractivity contribution in [1.82, 2.24) is 4.98 Å². The van der Waals surface area contributed by atoms with Gasteiger partial charge in [0, 0.05) is 17.4 Å². The fraction of sp³-hybridized carbons (Fsp3) is 0. The first-order valence-electron chi connectivity index (χ1n) is 5.67. The van der Waals surface area contributed by atoms with E-state index in [0.717, 1.165) is 6.20 Å². The van der Waals surface area contributed by atoms with E-state index in [0.29, 0.717) is 11.3 Å². The minimum Gasteiger partial charge on any atom is -0.478 e. The molecule has 0 saturated carbocycles. The molecule has 0 fully saturated rings. The predicted molar refractivity (Wildman–Crippen MR) is 73.5 cm³/mol. The van der Waals surface area contributed by atoms with Gasteiger partial charge in [0.1, 0.15) is 5.69 Å². The SMILES string of the molecule is C#Cc1cccc(NC(=O)c2ccc(C(=O)O)cn2)c1. The lowest BCUT2D eigenvalue weighted by Crippen LogP contribution is -2.14. The average molecular weight is 266 g/mol. The summed E-state index contributed by atoms with van der Waals surface area (Å²) in [5, 5.41) is 11.4. The first-order valence-corrected chi connectivity index (χ1v) is 5.67. The largest absolute Gasteiger partial charge is 0.478 e. The number of hydrogen-bond acceptors (Lipinski definition) is 3. The zero-order chi connectivity index (χ0) is 14.5. The third-order valence-corrected chi connectivity index (χ3v) is 2.53. The molecule has 0 bridgehead atoms. The van der Waals surface area contributed by atoms with Gasteiger partial charge in [0.2, 0.25) is 0 Å². The van der Waals surface area contributed by atoms with Gasteiger partial charge in [-0.3, -0.25) is 9.78 Å². The Kier molecular flexibility index (Phi) is 3.77. The summed E-state index contributed by atoms with van der Waals surface area (Å²) in [6, 6.07) is 9.50. The number of carbonyl (C=O) groups excluding carboxylic acids is 1. The molecule has 2 N–H and O–H groups in total. The van der Waals surface area contributed by atoms with Crippen LogP contribution in [0.1, 0.15) is 26.4 Å². The molecule has 1 aromatic heterocycles. The summed E-state index contributed by atoms with van der Waals surface area (Å²) in [5.41, 5.74) is 1.35. The molecule has 0 aliphatic carbocycles. The number of aromatic carboxylic acids is 1. The Morgan fingerprint density at radius 2 is 2.05 bits per heavy atom. The molecule has 1 heterocycles. The highest BCUT2D eigenvalue weighted by molar-refractivity contribution is 6.03. The van der Waals surface area contributed by atoms with Gasteiger partial charge in [-0.05, 0) is 30.3 Å². The number of carboxylic acid groups (broad SMARTS) is 1. The summed E-state index contributed by atoms with van der Waals surface area (Å²) < 4.78 is 0. The van der Waals surface area contributed by atoms with Gasteiger partial charge < -0.3 is 10.4 Å². The van der Waals surface area contributed by atoms with Crippen LogP contribution in [0.5, 0.6) is 0 Å². The first-order chi connectivity index (χ1) is 9.60. The van der Waals surface area contributed by atoms with Gasteiger partial charge in [0.15, 0.2) is 0 Å². The van der Waals surface area contributed by atoms with E-state index in [1.165, 1.54) is 12.1 Å². The number of anilines is 1. The maximum atomic E-state index is 11.9. The van der Waals surface area contributed by atoms with Crippen molar-refractivity contribution in [2.75, 3.05) is 5.32 Å². The zero-order valence-electron chi connectivity index (χ0n) is 10.3. The number of nitrogens with one attached hydrogen (secondary N) is 1. The normalized spacial score (nSPS) is 9.55. The Labute approximate surface area is 115 Å². The molecular weight excluding hydrogens is 256 g/mol. The van der Waals surface area contributed by atoms with Crippen LogP contribution in [0.15, 0.2) is 42.6 Å². The molecule has 0 radical (unpaired) electrons. The van der Waals surface area contributed by atoms with Crippen molar-refractivity contribution in [3.05, 3.63) is 59.4 Å². The molecule has 0 aliphatic heterocycles. The minimum atomic E-state index is -1.09. The second-order valence-electron chi connectivity index (χ2n) is 3.92. The third kappa shape index (κ3) is 3.00. The van der Waals surface area contributed by atoms with Crippen LogP contribution >= 0.6 is 0 Å². The molecule has 5 nitrogen and oxygen atoms in total. The van der Waals surface area contributed by atoms with Crippen molar-refractivity contribution < 1.29 is 14.7 Å². The Bertz CT molecular complexity index is 700. The molecular formula is C15H10N2O3. The van der Waals surface area contributed by atoms with Crippen LogP contribution in [-0.2, 0) is 0 Å². The molecule has 0 saturated heterocycles. The maximum Gasteiger partial charge on any atom is 0.337 e. The van der Waals surface area contributed by atoms with Crippen LogP contribution < -0.4 is 5.32 Å². The lowest BCUT2D eigenvalue weighted by Gasteiger charge is -2.05. The van der Waals surface area contributed by atoms with E-state index in [4.69, 9.17) is 11.5 Å². The molecule has 2 aromatic rings. The highest BCUT2D eigenvalue weighted by Crippen LogP contribution is 2.11. The van der Waals surface area contributed by atoms with Crippen molar-refractivity contribution in [1.29, 1.82) is 0 Å².